The highest BCUT2D eigenvalue weighted by Gasteiger charge is 2.25. The third-order valence-electron chi connectivity index (χ3n) is 10.3. The van der Waals surface area contributed by atoms with Crippen LogP contribution in [0.1, 0.15) is 52.7 Å². The minimum Gasteiger partial charge on any atom is -0.309 e. The van der Waals surface area contributed by atoms with Crippen LogP contribution in [0.15, 0.2) is 140 Å². The van der Waals surface area contributed by atoms with Crippen LogP contribution in [-0.2, 0) is 10.8 Å². The number of para-hydroxylation sites is 1. The lowest BCUT2D eigenvalue weighted by Gasteiger charge is -2.19. The number of hydrogen-bond donors (Lipinski definition) is 0. The van der Waals surface area contributed by atoms with Gasteiger partial charge in [-0.25, -0.2) is 4.98 Å². The molecule has 5 heteroatoms. The predicted octanol–water partition coefficient (Wildman–Crippen LogP) is 12.0. The van der Waals surface area contributed by atoms with Crippen molar-refractivity contribution in [2.45, 2.75) is 52.4 Å². The Morgan fingerprint density at radius 1 is 0.423 bits per heavy atom. The van der Waals surface area contributed by atoms with Crippen LogP contribution in [0.25, 0.3) is 78.0 Å². The molecule has 9 rings (SSSR count). The van der Waals surface area contributed by atoms with Crippen molar-refractivity contribution in [2.24, 2.45) is 0 Å². The van der Waals surface area contributed by atoms with Crippen molar-refractivity contribution in [3.63, 3.8) is 0 Å². The molecule has 0 radical (unpaired) electrons. The molecule has 254 valence electrons. The molecule has 9 aromatic rings. The van der Waals surface area contributed by atoms with Crippen LogP contribution in [0, 0.1) is 0 Å². The fourth-order valence-electron chi connectivity index (χ4n) is 7.50. The molecular weight excluding hydrogens is 635 g/mol. The third-order valence-corrected chi connectivity index (χ3v) is 10.3. The Balaban J connectivity index is 1.46. The lowest BCUT2D eigenvalue weighted by molar-refractivity contribution is 0.591. The summed E-state index contributed by atoms with van der Waals surface area (Å²) in [5.41, 5.74) is 10.1. The Labute approximate surface area is 304 Å². The van der Waals surface area contributed by atoms with Crippen molar-refractivity contribution < 1.29 is 0 Å². The molecule has 0 spiro atoms. The summed E-state index contributed by atoms with van der Waals surface area (Å²) in [5.74, 6) is 1.87. The van der Waals surface area contributed by atoms with Gasteiger partial charge in [0.15, 0.2) is 11.6 Å². The summed E-state index contributed by atoms with van der Waals surface area (Å²) in [6.07, 6.45) is 0. The molecule has 0 amide bonds. The fourth-order valence-corrected chi connectivity index (χ4v) is 7.50. The normalized spacial score (nSPS) is 12.4. The van der Waals surface area contributed by atoms with E-state index < -0.39 is 0 Å². The van der Waals surface area contributed by atoms with Gasteiger partial charge < -0.3 is 4.57 Å². The zero-order valence-electron chi connectivity index (χ0n) is 30.5. The average molecular weight is 676 g/mol. The van der Waals surface area contributed by atoms with E-state index in [4.69, 9.17) is 15.0 Å². The number of hydrogen-bond acceptors (Lipinski definition) is 3. The van der Waals surface area contributed by atoms with E-state index in [-0.39, 0.29) is 10.8 Å². The monoisotopic (exact) mass is 675 g/mol. The van der Waals surface area contributed by atoms with Gasteiger partial charge in [0.25, 0.3) is 0 Å². The van der Waals surface area contributed by atoms with Gasteiger partial charge in [0, 0.05) is 38.4 Å². The van der Waals surface area contributed by atoms with E-state index in [1.54, 1.807) is 0 Å². The van der Waals surface area contributed by atoms with E-state index in [0.29, 0.717) is 17.6 Å². The van der Waals surface area contributed by atoms with Gasteiger partial charge in [-0.3, -0.25) is 4.57 Å². The van der Waals surface area contributed by atoms with E-state index in [1.165, 1.54) is 43.7 Å². The molecule has 5 nitrogen and oxygen atoms in total. The van der Waals surface area contributed by atoms with Gasteiger partial charge in [0.1, 0.15) is 0 Å². The molecule has 0 N–H and O–H groups in total. The maximum absolute atomic E-state index is 5.22. The summed E-state index contributed by atoms with van der Waals surface area (Å²) in [4.78, 5) is 15.4. The van der Waals surface area contributed by atoms with Crippen LogP contribution >= 0.6 is 0 Å². The summed E-state index contributed by atoms with van der Waals surface area (Å²) >= 11 is 0. The van der Waals surface area contributed by atoms with Crippen molar-refractivity contribution in [1.29, 1.82) is 0 Å². The number of benzene rings is 6. The number of aromatic nitrogens is 5. The quantitative estimate of drug-likeness (QED) is 0.187. The van der Waals surface area contributed by atoms with Crippen LogP contribution in [0.2, 0.25) is 0 Å². The Hall–Kier alpha value is -6.07. The van der Waals surface area contributed by atoms with Crippen molar-refractivity contribution in [3.05, 3.63) is 151 Å². The highest BCUT2D eigenvalue weighted by atomic mass is 15.2. The van der Waals surface area contributed by atoms with Crippen molar-refractivity contribution >= 4 is 43.6 Å². The van der Waals surface area contributed by atoms with E-state index in [2.05, 4.69) is 154 Å². The molecule has 0 aliphatic rings. The van der Waals surface area contributed by atoms with E-state index in [9.17, 15) is 0 Å². The van der Waals surface area contributed by atoms with Gasteiger partial charge >= 0.3 is 0 Å². The zero-order valence-corrected chi connectivity index (χ0v) is 30.5. The molecule has 0 aliphatic carbocycles. The van der Waals surface area contributed by atoms with Crippen LogP contribution in [-0.4, -0.2) is 24.1 Å². The van der Waals surface area contributed by atoms with Crippen molar-refractivity contribution in [3.8, 4) is 34.4 Å². The van der Waals surface area contributed by atoms with Gasteiger partial charge in [0.05, 0.1) is 22.1 Å². The van der Waals surface area contributed by atoms with Crippen molar-refractivity contribution in [1.82, 2.24) is 24.1 Å². The Morgan fingerprint density at radius 3 is 1.44 bits per heavy atom. The molecule has 3 aromatic heterocycles. The first-order valence-electron chi connectivity index (χ1n) is 18.1. The first-order chi connectivity index (χ1) is 25.1. The van der Waals surface area contributed by atoms with E-state index in [0.717, 1.165) is 27.8 Å². The van der Waals surface area contributed by atoms with E-state index in [1.807, 2.05) is 36.4 Å². The molecule has 0 unspecified atom stereocenters. The highest BCUT2D eigenvalue weighted by Crippen LogP contribution is 2.43. The minimum absolute atomic E-state index is 0.0166. The Bertz CT molecular complexity index is 2720. The Morgan fingerprint density at radius 2 is 0.904 bits per heavy atom. The SMILES string of the molecule is CC(C)(C)c1ccc2c(c1)c1c(ccc3c4cc(C(C)(C)C)ccc4n(-c4ccccc4)c31)n2-c1nc(-c2ccccc2)nc(-c2ccccc2)n1. The maximum atomic E-state index is 5.22. The van der Waals surface area contributed by atoms with Gasteiger partial charge in [-0.15, -0.1) is 0 Å². The predicted molar refractivity (Wildman–Crippen MR) is 217 cm³/mol. The average Bonchev–Trinajstić information content (AvgIpc) is 3.67. The molecule has 6 aromatic carbocycles. The van der Waals surface area contributed by atoms with Crippen LogP contribution in [0.5, 0.6) is 0 Å². The summed E-state index contributed by atoms with van der Waals surface area (Å²) in [5, 5.41) is 4.83. The van der Waals surface area contributed by atoms with Gasteiger partial charge in [0.2, 0.25) is 5.95 Å². The largest absolute Gasteiger partial charge is 0.309 e. The van der Waals surface area contributed by atoms with Gasteiger partial charge in [-0.2, -0.15) is 9.97 Å². The molecule has 52 heavy (non-hydrogen) atoms. The molecule has 0 bridgehead atoms. The summed E-state index contributed by atoms with van der Waals surface area (Å²) in [7, 11) is 0. The van der Waals surface area contributed by atoms with Crippen LogP contribution in [0.3, 0.4) is 0 Å². The smallest absolute Gasteiger partial charge is 0.238 e. The molecule has 0 saturated carbocycles. The third kappa shape index (κ3) is 5.19. The topological polar surface area (TPSA) is 48.5 Å². The second kappa shape index (κ2) is 11.7. The van der Waals surface area contributed by atoms with Crippen molar-refractivity contribution in [2.75, 3.05) is 0 Å². The first-order valence-corrected chi connectivity index (χ1v) is 18.1. The molecular formula is C47H41N5. The lowest BCUT2D eigenvalue weighted by atomic mass is 9.86. The van der Waals surface area contributed by atoms with Crippen LogP contribution in [0.4, 0.5) is 0 Å². The molecule has 0 aliphatic heterocycles. The Kier molecular flexibility index (Phi) is 7.20. The molecule has 0 saturated heterocycles. The summed E-state index contributed by atoms with van der Waals surface area (Å²) in [6.45, 7) is 13.7. The van der Waals surface area contributed by atoms with Crippen LogP contribution < -0.4 is 0 Å². The minimum atomic E-state index is -0.0433. The number of nitrogens with zero attached hydrogens (tertiary/aromatic N) is 5. The maximum Gasteiger partial charge on any atom is 0.238 e. The second-order valence-electron chi connectivity index (χ2n) is 15.8. The van der Waals surface area contributed by atoms with Gasteiger partial charge in [-0.05, 0) is 64.4 Å². The summed E-state index contributed by atoms with van der Waals surface area (Å²) in [6, 6.07) is 49.6. The molecule has 3 heterocycles. The summed E-state index contributed by atoms with van der Waals surface area (Å²) < 4.78 is 4.69. The number of fused-ring (bicyclic) bond motifs is 7. The second-order valence-corrected chi connectivity index (χ2v) is 15.8. The standard InChI is InChI=1S/C47H41N5/c1-46(2,3)32-22-25-38-36(28-32)35-24-27-40-41(42(35)51(38)34-20-14-9-15-21-34)37-29-33(47(4,5)6)23-26-39(37)52(40)45-49-43(30-16-10-7-11-17-30)48-44(50-45)31-18-12-8-13-19-31/h7-29H,1-6H3. The molecule has 0 fully saturated rings. The lowest BCUT2D eigenvalue weighted by Crippen LogP contribution is -2.10. The fraction of sp³-hybridized carbons (Fsp3) is 0.170. The van der Waals surface area contributed by atoms with E-state index >= 15 is 0 Å². The van der Waals surface area contributed by atoms with Gasteiger partial charge in [-0.1, -0.05) is 139 Å². The number of rotatable bonds is 4. The molecule has 0 atom stereocenters. The first kappa shape index (κ1) is 31.9. The highest BCUT2D eigenvalue weighted by molar-refractivity contribution is 6.26. The zero-order chi connectivity index (χ0) is 35.8.